The molecule has 0 spiro atoms. The largest absolute Gasteiger partial charge is 0.463 e. The number of hydrogen-bond donors (Lipinski definition) is 0. The highest BCUT2D eigenvalue weighted by Gasteiger charge is 2.51. The van der Waals surface area contributed by atoms with Crippen molar-refractivity contribution in [1.29, 1.82) is 0 Å². The third kappa shape index (κ3) is 5.24. The summed E-state index contributed by atoms with van der Waals surface area (Å²) >= 11 is 3.23. The summed E-state index contributed by atoms with van der Waals surface area (Å²) in [6.45, 7) is 3.18. The molecule has 10 nitrogen and oxygen atoms in total. The van der Waals surface area contributed by atoms with Gasteiger partial charge >= 0.3 is 27.7 Å². The molecule has 1 aromatic rings. The lowest BCUT2D eigenvalue weighted by Crippen LogP contribution is -2.59. The Balaban J connectivity index is 2.49. The molecule has 0 amide bonds. The Morgan fingerprint density at radius 2 is 1.52 bits per heavy atom. The van der Waals surface area contributed by atoms with E-state index in [0.717, 1.165) is 39.1 Å². The second-order valence-corrected chi connectivity index (χ2v) is 8.47. The second kappa shape index (κ2) is 9.08. The summed E-state index contributed by atoms with van der Waals surface area (Å²) in [6, 6.07) is -1.09. The normalized spacial score (nSPS) is 27.6. The summed E-state index contributed by atoms with van der Waals surface area (Å²) in [6.07, 6.45) is -3.42. The standard InChI is InChI=1S/C14H16BrNO9S2/c1-5(17)22-4-8-10(23-6(2)18)11(24-7(3)19)9(12(15)25-8)16-13(20)26-27-14(16)21/h8-12H,4H2,1-3H3/t8-,9-,10-,11-,12-/m1/s1. The predicted molar refractivity (Wildman–Crippen MR) is 97.1 cm³/mol. The van der Waals surface area contributed by atoms with Gasteiger partial charge in [-0.15, -0.1) is 0 Å². The van der Waals surface area contributed by atoms with Crippen LogP contribution in [0, 0.1) is 0 Å². The van der Waals surface area contributed by atoms with Gasteiger partial charge in [-0.3, -0.25) is 24.0 Å². The molecule has 0 N–H and O–H groups in total. The molecule has 1 fully saturated rings. The highest BCUT2D eigenvalue weighted by molar-refractivity contribution is 9.09. The number of ether oxygens (including phenoxy) is 4. The van der Waals surface area contributed by atoms with Crippen LogP contribution in [-0.2, 0) is 33.3 Å². The number of alkyl halides is 1. The quantitative estimate of drug-likeness (QED) is 0.252. The number of aromatic nitrogens is 1. The predicted octanol–water partition coefficient (Wildman–Crippen LogP) is 0.419. The first kappa shape index (κ1) is 21.7. The van der Waals surface area contributed by atoms with Gasteiger partial charge in [-0.1, -0.05) is 15.9 Å². The summed E-state index contributed by atoms with van der Waals surface area (Å²) in [5, 5.41) is -0.957. The summed E-state index contributed by atoms with van der Waals surface area (Å²) in [4.78, 5) is 57.5. The topological polar surface area (TPSA) is 127 Å². The minimum absolute atomic E-state index is 0.286. The molecule has 150 valence electrons. The van der Waals surface area contributed by atoms with Crippen LogP contribution in [-0.4, -0.2) is 52.4 Å². The summed E-state index contributed by atoms with van der Waals surface area (Å²) in [5.41, 5.74) is 0. The van der Waals surface area contributed by atoms with Crippen molar-refractivity contribution in [2.24, 2.45) is 0 Å². The number of esters is 3. The second-order valence-electron chi connectivity index (χ2n) is 5.54. The molecule has 0 aromatic carbocycles. The fourth-order valence-electron chi connectivity index (χ4n) is 2.61. The fraction of sp³-hybridized carbons (Fsp3) is 0.643. The molecular formula is C14H16BrNO9S2. The maximum absolute atomic E-state index is 12.1. The first-order valence-corrected chi connectivity index (χ1v) is 10.7. The number of carbonyl (C=O) groups is 3. The van der Waals surface area contributed by atoms with Crippen LogP contribution < -0.4 is 9.75 Å². The Bertz CT molecular complexity index is 804. The minimum Gasteiger partial charge on any atom is -0.463 e. The average molecular weight is 486 g/mol. The molecule has 1 saturated heterocycles. The van der Waals surface area contributed by atoms with E-state index in [2.05, 4.69) is 15.9 Å². The van der Waals surface area contributed by atoms with Gasteiger partial charge in [0.25, 0.3) is 0 Å². The van der Waals surface area contributed by atoms with Crippen molar-refractivity contribution in [2.45, 2.75) is 50.1 Å². The molecule has 0 saturated carbocycles. The molecule has 13 heteroatoms. The monoisotopic (exact) mass is 485 g/mol. The smallest absolute Gasteiger partial charge is 0.321 e. The van der Waals surface area contributed by atoms with Gasteiger partial charge in [-0.2, -0.15) is 0 Å². The van der Waals surface area contributed by atoms with Gasteiger partial charge in [-0.25, -0.2) is 4.57 Å². The van der Waals surface area contributed by atoms with E-state index in [9.17, 15) is 24.0 Å². The highest BCUT2D eigenvalue weighted by Crippen LogP contribution is 2.36. The summed E-state index contributed by atoms with van der Waals surface area (Å²) in [5.74, 6) is -2.01. The van der Waals surface area contributed by atoms with E-state index in [4.69, 9.17) is 18.9 Å². The van der Waals surface area contributed by atoms with Crippen LogP contribution in [0.4, 0.5) is 0 Å². The Kier molecular flexibility index (Phi) is 7.31. The number of rotatable bonds is 5. The zero-order valence-corrected chi connectivity index (χ0v) is 17.6. The Morgan fingerprint density at radius 1 is 1.00 bits per heavy atom. The van der Waals surface area contributed by atoms with Crippen molar-refractivity contribution >= 4 is 54.5 Å². The lowest BCUT2D eigenvalue weighted by Gasteiger charge is -2.43. The highest BCUT2D eigenvalue weighted by atomic mass is 79.9. The zero-order chi connectivity index (χ0) is 20.3. The number of hydrogen-bond acceptors (Lipinski definition) is 11. The van der Waals surface area contributed by atoms with Crippen LogP contribution in [0.15, 0.2) is 9.59 Å². The molecule has 1 aliphatic heterocycles. The molecule has 0 aliphatic carbocycles. The van der Waals surface area contributed by atoms with Crippen LogP contribution in [0.2, 0.25) is 0 Å². The molecule has 0 unspecified atom stereocenters. The molecule has 2 rings (SSSR count). The van der Waals surface area contributed by atoms with Gasteiger partial charge < -0.3 is 18.9 Å². The molecule has 27 heavy (non-hydrogen) atoms. The lowest BCUT2D eigenvalue weighted by molar-refractivity contribution is -0.216. The first-order valence-electron chi connectivity index (χ1n) is 7.60. The summed E-state index contributed by atoms with van der Waals surface area (Å²) in [7, 11) is 1.44. The Hall–Kier alpha value is -1.57. The molecule has 1 aromatic heterocycles. The first-order chi connectivity index (χ1) is 12.6. The minimum atomic E-state index is -1.22. The number of carbonyl (C=O) groups excluding carboxylic acids is 3. The van der Waals surface area contributed by atoms with Crippen LogP contribution in [0.5, 0.6) is 0 Å². The van der Waals surface area contributed by atoms with Crippen molar-refractivity contribution in [1.82, 2.24) is 4.57 Å². The van der Waals surface area contributed by atoms with E-state index in [-0.39, 0.29) is 6.61 Å². The van der Waals surface area contributed by atoms with Crippen LogP contribution in [0.25, 0.3) is 0 Å². The van der Waals surface area contributed by atoms with Gasteiger partial charge in [0.05, 0.1) is 0 Å². The number of halogens is 1. The van der Waals surface area contributed by atoms with Crippen LogP contribution in [0.3, 0.4) is 0 Å². The van der Waals surface area contributed by atoms with Crippen LogP contribution in [0.1, 0.15) is 26.8 Å². The van der Waals surface area contributed by atoms with Crippen molar-refractivity contribution in [3.8, 4) is 0 Å². The van der Waals surface area contributed by atoms with E-state index in [0.29, 0.717) is 0 Å². The number of nitrogens with zero attached hydrogens (tertiary/aromatic N) is 1. The van der Waals surface area contributed by atoms with Gasteiger partial charge in [0.15, 0.2) is 12.2 Å². The Labute approximate surface area is 168 Å². The molecule has 5 atom stereocenters. The van der Waals surface area contributed by atoms with E-state index in [1.54, 1.807) is 0 Å². The summed E-state index contributed by atoms with van der Waals surface area (Å²) < 4.78 is 22.1. The van der Waals surface area contributed by atoms with Gasteiger partial charge in [0.2, 0.25) is 0 Å². The maximum Gasteiger partial charge on any atom is 0.321 e. The van der Waals surface area contributed by atoms with E-state index in [1.807, 2.05) is 0 Å². The Morgan fingerprint density at radius 3 is 2.00 bits per heavy atom. The average Bonchev–Trinajstić information content (AvgIpc) is 2.87. The van der Waals surface area contributed by atoms with Gasteiger partial charge in [0.1, 0.15) is 23.8 Å². The third-order valence-electron chi connectivity index (χ3n) is 3.53. The van der Waals surface area contributed by atoms with E-state index >= 15 is 0 Å². The van der Waals surface area contributed by atoms with E-state index < -0.39 is 57.0 Å². The molecular weight excluding hydrogens is 470 g/mol. The molecule has 0 radical (unpaired) electrons. The zero-order valence-electron chi connectivity index (χ0n) is 14.4. The van der Waals surface area contributed by atoms with Gasteiger partial charge in [0, 0.05) is 20.8 Å². The van der Waals surface area contributed by atoms with Crippen LogP contribution >= 0.6 is 36.6 Å². The lowest BCUT2D eigenvalue weighted by atomic mass is 9.97. The van der Waals surface area contributed by atoms with E-state index in [1.165, 1.54) is 6.92 Å². The van der Waals surface area contributed by atoms with Crippen molar-refractivity contribution in [3.63, 3.8) is 0 Å². The molecule has 0 bridgehead atoms. The fourth-order valence-corrected chi connectivity index (χ4v) is 5.10. The van der Waals surface area contributed by atoms with Crippen molar-refractivity contribution in [3.05, 3.63) is 19.3 Å². The SMILES string of the molecule is CC(=O)OC[C@H]1O[C@@H](Br)[C@H](n2c(=O)ssc2=O)[C@@H](OC(C)=O)[C@@H]1OC(C)=O. The molecule has 1 aliphatic rings. The van der Waals surface area contributed by atoms with Crippen molar-refractivity contribution < 1.29 is 33.3 Å². The van der Waals surface area contributed by atoms with Crippen molar-refractivity contribution in [2.75, 3.05) is 6.61 Å². The maximum atomic E-state index is 12.1. The van der Waals surface area contributed by atoms with Gasteiger partial charge in [-0.05, 0) is 20.7 Å². The molecule has 2 heterocycles. The third-order valence-corrected chi connectivity index (χ3v) is 6.16.